The van der Waals surface area contributed by atoms with Crippen LogP contribution in [0.3, 0.4) is 0 Å². The smallest absolute Gasteiger partial charge is 0.457 e. The lowest BCUT2D eigenvalue weighted by Gasteiger charge is -2.30. The number of hydrogen-bond acceptors (Lipinski definition) is 3. The van der Waals surface area contributed by atoms with Crippen molar-refractivity contribution in [2.75, 3.05) is 11.4 Å². The molecular formula is C25H18F11NO2. The van der Waals surface area contributed by atoms with Crippen molar-refractivity contribution >= 4 is 5.69 Å². The van der Waals surface area contributed by atoms with Gasteiger partial charge in [-0.25, -0.2) is 4.39 Å². The first-order chi connectivity index (χ1) is 17.9. The molecular weight excluding hydrogens is 555 g/mol. The third-order valence-corrected chi connectivity index (χ3v) is 5.42. The largest absolute Gasteiger partial charge is 0.460 e. The van der Waals surface area contributed by atoms with E-state index in [2.05, 4.69) is 0 Å². The minimum absolute atomic E-state index is 0.0377. The summed E-state index contributed by atoms with van der Waals surface area (Å²) in [6.45, 7) is -1.88. The van der Waals surface area contributed by atoms with E-state index in [1.807, 2.05) is 0 Å². The molecule has 0 bridgehead atoms. The summed E-state index contributed by atoms with van der Waals surface area (Å²) in [5.41, 5.74) is -2.13. The predicted octanol–water partition coefficient (Wildman–Crippen LogP) is 7.84. The summed E-state index contributed by atoms with van der Waals surface area (Å²) in [6.07, 6.45) is -14.6. The number of rotatable bonds is 9. The van der Waals surface area contributed by atoms with Gasteiger partial charge in [0.25, 0.3) is 0 Å². The highest BCUT2D eigenvalue weighted by Gasteiger charge is 2.73. The first kappa shape index (κ1) is 30.0. The molecule has 0 spiro atoms. The molecule has 14 heteroatoms. The Morgan fingerprint density at radius 2 is 1.36 bits per heavy atom. The van der Waals surface area contributed by atoms with Gasteiger partial charge in [-0.1, -0.05) is 24.3 Å². The first-order valence-electron chi connectivity index (χ1n) is 10.9. The second-order valence-corrected chi connectivity index (χ2v) is 8.34. The quantitative estimate of drug-likeness (QED) is 0.265. The Morgan fingerprint density at radius 1 is 0.744 bits per heavy atom. The summed E-state index contributed by atoms with van der Waals surface area (Å²) in [5, 5.41) is 9.63. The Morgan fingerprint density at radius 3 is 1.95 bits per heavy atom. The maximum absolute atomic E-state index is 14.2. The van der Waals surface area contributed by atoms with Crippen LogP contribution in [0.4, 0.5) is 54.0 Å². The number of hydrogen-bond donors (Lipinski definition) is 1. The van der Waals surface area contributed by atoms with Gasteiger partial charge < -0.3 is 14.7 Å². The molecule has 0 aliphatic heterocycles. The Balaban J connectivity index is 1.96. The molecule has 212 valence electrons. The number of ether oxygens (including phenoxy) is 1. The van der Waals surface area contributed by atoms with E-state index in [0.29, 0.717) is 12.1 Å². The van der Waals surface area contributed by atoms with Crippen LogP contribution < -0.4 is 9.64 Å². The van der Waals surface area contributed by atoms with E-state index in [-0.39, 0.29) is 22.7 Å². The Bertz CT molecular complexity index is 1260. The molecule has 0 aliphatic rings. The number of aliphatic hydroxyl groups excluding tert-OH is 1. The average molecular weight is 573 g/mol. The van der Waals surface area contributed by atoms with E-state index in [0.717, 1.165) is 29.2 Å². The van der Waals surface area contributed by atoms with Gasteiger partial charge in [-0.05, 0) is 48.0 Å². The standard InChI is InChI=1S/C25H18F11NO2/c26-17-7-9-19(10-8-17)39-20-6-2-5-18(12-20)37(14-21(38)23(29,30)31)13-15-3-1-4-16(11-15)22(27,28)24(32,33)25(34,35)36/h1-12,21,38H,13-14H2/t21-/m1/s1. The van der Waals surface area contributed by atoms with Crippen LogP contribution in [0.15, 0.2) is 72.8 Å². The Hall–Kier alpha value is -3.55. The minimum Gasteiger partial charge on any atom is -0.457 e. The zero-order valence-corrected chi connectivity index (χ0v) is 19.4. The molecule has 1 atom stereocenters. The molecule has 0 fully saturated rings. The van der Waals surface area contributed by atoms with Crippen LogP contribution in [0.1, 0.15) is 11.1 Å². The average Bonchev–Trinajstić information content (AvgIpc) is 2.84. The van der Waals surface area contributed by atoms with Crippen LogP contribution in [0, 0.1) is 5.82 Å². The molecule has 0 aromatic heterocycles. The second kappa shape index (κ2) is 10.9. The first-order valence-corrected chi connectivity index (χ1v) is 10.9. The van der Waals surface area contributed by atoms with Crippen LogP contribution in [-0.2, 0) is 12.5 Å². The minimum atomic E-state index is -6.58. The van der Waals surface area contributed by atoms with Crippen molar-refractivity contribution in [2.24, 2.45) is 0 Å². The zero-order chi connectivity index (χ0) is 29.2. The molecule has 0 saturated heterocycles. The van der Waals surface area contributed by atoms with Crippen molar-refractivity contribution in [1.29, 1.82) is 0 Å². The van der Waals surface area contributed by atoms with E-state index in [9.17, 15) is 53.4 Å². The van der Waals surface area contributed by atoms with Crippen molar-refractivity contribution in [3.63, 3.8) is 0 Å². The molecule has 0 amide bonds. The highest BCUT2D eigenvalue weighted by Crippen LogP contribution is 2.51. The Labute approximate surface area is 214 Å². The summed E-state index contributed by atoms with van der Waals surface area (Å²) >= 11 is 0. The van der Waals surface area contributed by atoms with Gasteiger partial charge in [0, 0.05) is 23.9 Å². The third-order valence-electron chi connectivity index (χ3n) is 5.42. The maximum atomic E-state index is 14.2. The molecule has 0 radical (unpaired) electrons. The highest BCUT2D eigenvalue weighted by atomic mass is 19.4. The number of anilines is 1. The molecule has 1 N–H and O–H groups in total. The van der Waals surface area contributed by atoms with E-state index in [1.165, 1.54) is 36.4 Å². The topological polar surface area (TPSA) is 32.7 Å². The Kier molecular flexibility index (Phi) is 8.39. The van der Waals surface area contributed by atoms with Crippen LogP contribution in [0.25, 0.3) is 0 Å². The number of alkyl halides is 10. The number of benzene rings is 3. The molecule has 3 aromatic rings. The number of aliphatic hydroxyl groups is 1. The fourth-order valence-corrected chi connectivity index (χ4v) is 3.40. The number of halogens is 11. The summed E-state index contributed by atoms with van der Waals surface area (Å²) in [7, 11) is 0. The van der Waals surface area contributed by atoms with E-state index < -0.39 is 54.8 Å². The van der Waals surface area contributed by atoms with Crippen LogP contribution >= 0.6 is 0 Å². The summed E-state index contributed by atoms with van der Waals surface area (Å²) in [6, 6.07) is 12.3. The van der Waals surface area contributed by atoms with Crippen LogP contribution in [-0.4, -0.2) is 36.0 Å². The van der Waals surface area contributed by atoms with Crippen molar-refractivity contribution in [3.8, 4) is 11.5 Å². The normalized spacial score (nSPS) is 13.7. The predicted molar refractivity (Wildman–Crippen MR) is 117 cm³/mol. The van der Waals surface area contributed by atoms with E-state index >= 15 is 0 Å². The van der Waals surface area contributed by atoms with Gasteiger partial charge >= 0.3 is 24.2 Å². The van der Waals surface area contributed by atoms with E-state index in [4.69, 9.17) is 4.74 Å². The fraction of sp³-hybridized carbons (Fsp3) is 0.280. The molecule has 3 nitrogen and oxygen atoms in total. The molecule has 39 heavy (non-hydrogen) atoms. The van der Waals surface area contributed by atoms with Crippen molar-refractivity contribution < 1.29 is 58.1 Å². The van der Waals surface area contributed by atoms with Gasteiger partial charge in [-0.15, -0.1) is 0 Å². The summed E-state index contributed by atoms with van der Waals surface area (Å²) in [4.78, 5) is 0.842. The SMILES string of the molecule is O[C@H](CN(Cc1cccc(C(F)(F)C(F)(F)C(F)(F)F)c1)c1cccc(Oc2ccc(F)cc2)c1)C(F)(F)F. The van der Waals surface area contributed by atoms with Gasteiger partial charge in [-0.2, -0.15) is 43.9 Å². The maximum Gasteiger partial charge on any atom is 0.460 e. The molecule has 0 aliphatic carbocycles. The summed E-state index contributed by atoms with van der Waals surface area (Å²) < 4.78 is 151. The molecule has 3 rings (SSSR count). The summed E-state index contributed by atoms with van der Waals surface area (Å²) in [5.74, 6) is -12.5. The molecule has 3 aromatic carbocycles. The van der Waals surface area contributed by atoms with Gasteiger partial charge in [0.1, 0.15) is 17.3 Å². The molecule has 0 heterocycles. The molecule has 0 saturated carbocycles. The van der Waals surface area contributed by atoms with Gasteiger partial charge in [0.2, 0.25) is 0 Å². The number of nitrogens with zero attached hydrogens (tertiary/aromatic N) is 1. The lowest BCUT2D eigenvalue weighted by Crippen LogP contribution is -2.50. The van der Waals surface area contributed by atoms with Gasteiger partial charge in [0.15, 0.2) is 6.10 Å². The van der Waals surface area contributed by atoms with E-state index in [1.54, 1.807) is 0 Å². The third kappa shape index (κ3) is 6.91. The fourth-order valence-electron chi connectivity index (χ4n) is 3.40. The van der Waals surface area contributed by atoms with Crippen LogP contribution in [0.2, 0.25) is 0 Å². The van der Waals surface area contributed by atoms with Gasteiger partial charge in [0.05, 0.1) is 6.54 Å². The second-order valence-electron chi connectivity index (χ2n) is 8.34. The lowest BCUT2D eigenvalue weighted by atomic mass is 9.99. The highest BCUT2D eigenvalue weighted by molar-refractivity contribution is 5.52. The lowest BCUT2D eigenvalue weighted by molar-refractivity contribution is -0.359. The molecule has 0 unspecified atom stereocenters. The van der Waals surface area contributed by atoms with Crippen LogP contribution in [0.5, 0.6) is 11.5 Å². The van der Waals surface area contributed by atoms with Crippen molar-refractivity contribution in [3.05, 3.63) is 89.7 Å². The monoisotopic (exact) mass is 573 g/mol. The van der Waals surface area contributed by atoms with Crippen molar-refractivity contribution in [1.82, 2.24) is 0 Å². The van der Waals surface area contributed by atoms with Gasteiger partial charge in [-0.3, -0.25) is 0 Å². The zero-order valence-electron chi connectivity index (χ0n) is 19.4. The van der Waals surface area contributed by atoms with Crippen molar-refractivity contribution in [2.45, 2.75) is 36.8 Å².